The Bertz CT molecular complexity index is 806. The van der Waals surface area contributed by atoms with Crippen molar-refractivity contribution in [3.8, 4) is 0 Å². The van der Waals surface area contributed by atoms with Crippen molar-refractivity contribution in [3.63, 3.8) is 0 Å². The van der Waals surface area contributed by atoms with Gasteiger partial charge >= 0.3 is 0 Å². The highest BCUT2D eigenvalue weighted by Crippen LogP contribution is 2.28. The molecule has 1 aromatic carbocycles. The van der Waals surface area contributed by atoms with Crippen LogP contribution in [0.5, 0.6) is 0 Å². The number of carbonyl (C=O) groups is 4. The quantitative estimate of drug-likeness (QED) is 0.386. The van der Waals surface area contributed by atoms with Gasteiger partial charge in [-0.2, -0.15) is 0 Å². The molecule has 0 saturated heterocycles. The largest absolute Gasteiger partial charge is 0.350 e. The van der Waals surface area contributed by atoms with E-state index in [2.05, 4.69) is 16.0 Å². The third kappa shape index (κ3) is 8.13. The van der Waals surface area contributed by atoms with Crippen LogP contribution in [0.1, 0.15) is 51.0 Å². The molecular formula is C22H29ClN4O4. The van der Waals surface area contributed by atoms with Crippen molar-refractivity contribution in [1.29, 1.82) is 5.41 Å². The second kappa shape index (κ2) is 12.2. The minimum atomic E-state index is -0.957. The van der Waals surface area contributed by atoms with E-state index in [0.717, 1.165) is 31.2 Å². The third-order valence-corrected chi connectivity index (χ3v) is 5.62. The molecule has 1 aliphatic carbocycles. The molecule has 0 aromatic heterocycles. The van der Waals surface area contributed by atoms with E-state index in [0.29, 0.717) is 11.2 Å². The lowest BCUT2D eigenvalue weighted by Gasteiger charge is -2.26. The zero-order valence-electron chi connectivity index (χ0n) is 17.6. The smallest absolute Gasteiger partial charge is 0.243 e. The molecule has 3 amide bonds. The van der Waals surface area contributed by atoms with Crippen LogP contribution < -0.4 is 16.0 Å². The van der Waals surface area contributed by atoms with Crippen molar-refractivity contribution >= 4 is 41.3 Å². The molecule has 0 aliphatic heterocycles. The molecule has 1 fully saturated rings. The summed E-state index contributed by atoms with van der Waals surface area (Å²) in [5, 5.41) is 15.8. The average molecular weight is 449 g/mol. The van der Waals surface area contributed by atoms with Crippen LogP contribution in [0.4, 0.5) is 0 Å². The number of hydrogen-bond donors (Lipinski definition) is 4. The molecule has 0 spiro atoms. The first kappa shape index (κ1) is 24.5. The molecule has 1 saturated carbocycles. The van der Waals surface area contributed by atoms with Crippen LogP contribution in [-0.2, 0) is 25.7 Å². The van der Waals surface area contributed by atoms with E-state index in [-0.39, 0.29) is 31.2 Å². The van der Waals surface area contributed by atoms with Gasteiger partial charge in [-0.3, -0.25) is 19.2 Å². The summed E-state index contributed by atoms with van der Waals surface area (Å²) in [6.45, 7) is 1.59. The van der Waals surface area contributed by atoms with E-state index in [1.165, 1.54) is 6.92 Å². The SMILES string of the molecule is CC(=O)N[C@H](C(=O)N[C@@H](CCC(=O)C=N)C(=O)NCc1ccc(Cl)cc1)C1CCCC1. The van der Waals surface area contributed by atoms with Gasteiger partial charge in [-0.15, -0.1) is 0 Å². The van der Waals surface area contributed by atoms with Gasteiger partial charge in [0.05, 0.1) is 6.21 Å². The fourth-order valence-electron chi connectivity index (χ4n) is 3.71. The fraction of sp³-hybridized carbons (Fsp3) is 0.500. The Labute approximate surface area is 187 Å². The zero-order chi connectivity index (χ0) is 22.8. The molecule has 0 radical (unpaired) electrons. The molecule has 9 heteroatoms. The van der Waals surface area contributed by atoms with Crippen molar-refractivity contribution in [3.05, 3.63) is 34.9 Å². The van der Waals surface area contributed by atoms with E-state index < -0.39 is 29.7 Å². The number of halogens is 1. The van der Waals surface area contributed by atoms with Crippen LogP contribution >= 0.6 is 11.6 Å². The van der Waals surface area contributed by atoms with Crippen LogP contribution in [0.15, 0.2) is 24.3 Å². The highest BCUT2D eigenvalue weighted by molar-refractivity contribution is 6.30. The average Bonchev–Trinajstić information content (AvgIpc) is 3.28. The van der Waals surface area contributed by atoms with E-state index in [9.17, 15) is 19.2 Å². The van der Waals surface area contributed by atoms with Crippen LogP contribution in [0, 0.1) is 11.3 Å². The molecule has 0 unspecified atom stereocenters. The zero-order valence-corrected chi connectivity index (χ0v) is 18.3. The Morgan fingerprint density at radius 1 is 1.10 bits per heavy atom. The molecule has 168 valence electrons. The molecular weight excluding hydrogens is 420 g/mol. The minimum absolute atomic E-state index is 0.0184. The molecule has 1 aliphatic rings. The molecule has 4 N–H and O–H groups in total. The van der Waals surface area contributed by atoms with E-state index in [4.69, 9.17) is 17.0 Å². The van der Waals surface area contributed by atoms with Crippen LogP contribution in [0.25, 0.3) is 0 Å². The Kier molecular flexibility index (Phi) is 9.65. The number of nitrogens with one attached hydrogen (secondary N) is 4. The van der Waals surface area contributed by atoms with Gasteiger partial charge in [0.2, 0.25) is 17.7 Å². The molecule has 2 rings (SSSR count). The number of benzene rings is 1. The maximum Gasteiger partial charge on any atom is 0.243 e. The van der Waals surface area contributed by atoms with Crippen molar-refractivity contribution in [2.75, 3.05) is 0 Å². The molecule has 0 bridgehead atoms. The highest BCUT2D eigenvalue weighted by Gasteiger charge is 2.33. The summed E-state index contributed by atoms with van der Waals surface area (Å²) in [6.07, 6.45) is 4.36. The number of carbonyl (C=O) groups excluding carboxylic acids is 4. The van der Waals surface area contributed by atoms with E-state index in [1.54, 1.807) is 24.3 Å². The van der Waals surface area contributed by atoms with Crippen LogP contribution in [-0.4, -0.2) is 41.8 Å². The van der Waals surface area contributed by atoms with Crippen molar-refractivity contribution in [2.45, 2.75) is 64.1 Å². The van der Waals surface area contributed by atoms with E-state index >= 15 is 0 Å². The third-order valence-electron chi connectivity index (χ3n) is 5.37. The summed E-state index contributed by atoms with van der Waals surface area (Å²) in [5.74, 6) is -1.59. The normalized spacial score (nSPS) is 15.5. The standard InChI is InChI=1S/C22H29ClN4O4/c1-14(28)26-20(16-4-2-3-5-16)22(31)27-19(11-10-18(29)12-24)21(30)25-13-15-6-8-17(23)9-7-15/h6-9,12,16,19-20,24H,2-5,10-11,13H2,1H3,(H,25,30)(H,26,28)(H,27,31)/t19-,20-/m0/s1. The summed E-state index contributed by atoms with van der Waals surface area (Å²) < 4.78 is 0. The first-order chi connectivity index (χ1) is 14.8. The van der Waals surface area contributed by atoms with Gasteiger partial charge in [0, 0.05) is 24.9 Å². The van der Waals surface area contributed by atoms with Gasteiger partial charge in [0.1, 0.15) is 12.1 Å². The van der Waals surface area contributed by atoms with Gasteiger partial charge in [-0.25, -0.2) is 0 Å². The molecule has 1 aromatic rings. The maximum atomic E-state index is 13.0. The highest BCUT2D eigenvalue weighted by atomic mass is 35.5. The van der Waals surface area contributed by atoms with Gasteiger partial charge in [-0.1, -0.05) is 36.6 Å². The second-order valence-corrected chi connectivity index (χ2v) is 8.21. The first-order valence-corrected chi connectivity index (χ1v) is 10.8. The monoisotopic (exact) mass is 448 g/mol. The topological polar surface area (TPSA) is 128 Å². The maximum absolute atomic E-state index is 13.0. The molecule has 2 atom stereocenters. The van der Waals surface area contributed by atoms with Crippen molar-refractivity contribution in [1.82, 2.24) is 16.0 Å². The summed E-state index contributed by atoms with van der Waals surface area (Å²) in [4.78, 5) is 48.9. The predicted molar refractivity (Wildman–Crippen MR) is 118 cm³/mol. The summed E-state index contributed by atoms with van der Waals surface area (Å²) >= 11 is 5.87. The van der Waals surface area contributed by atoms with Gasteiger partial charge in [0.15, 0.2) is 5.78 Å². The lowest BCUT2D eigenvalue weighted by Crippen LogP contribution is -2.55. The minimum Gasteiger partial charge on any atom is -0.350 e. The van der Waals surface area contributed by atoms with Crippen LogP contribution in [0.3, 0.4) is 0 Å². The van der Waals surface area contributed by atoms with Crippen molar-refractivity contribution < 1.29 is 19.2 Å². The second-order valence-electron chi connectivity index (χ2n) is 7.78. The predicted octanol–water partition coefficient (Wildman–Crippen LogP) is 2.13. The Hall–Kier alpha value is -2.74. The lowest BCUT2D eigenvalue weighted by atomic mass is 9.96. The Balaban J connectivity index is 2.06. The number of hydrogen-bond acceptors (Lipinski definition) is 5. The number of amides is 3. The summed E-state index contributed by atoms with van der Waals surface area (Å²) in [5.41, 5.74) is 0.834. The number of rotatable bonds is 11. The number of ketones is 1. The summed E-state index contributed by atoms with van der Waals surface area (Å²) in [6, 6.07) is 5.31. The lowest BCUT2D eigenvalue weighted by molar-refractivity contribution is -0.133. The van der Waals surface area contributed by atoms with Gasteiger partial charge in [0.25, 0.3) is 0 Å². The Morgan fingerprint density at radius 2 is 1.74 bits per heavy atom. The molecule has 31 heavy (non-hydrogen) atoms. The Morgan fingerprint density at radius 3 is 2.32 bits per heavy atom. The fourth-order valence-corrected chi connectivity index (χ4v) is 3.84. The van der Waals surface area contributed by atoms with Gasteiger partial charge < -0.3 is 21.4 Å². The summed E-state index contributed by atoms with van der Waals surface area (Å²) in [7, 11) is 0. The van der Waals surface area contributed by atoms with Gasteiger partial charge in [-0.05, 0) is 42.9 Å². The molecule has 0 heterocycles. The van der Waals surface area contributed by atoms with Crippen molar-refractivity contribution in [2.24, 2.45) is 5.92 Å². The van der Waals surface area contributed by atoms with E-state index in [1.807, 2.05) is 0 Å². The van der Waals surface area contributed by atoms with Crippen LogP contribution in [0.2, 0.25) is 5.02 Å². The molecule has 8 nitrogen and oxygen atoms in total. The number of Topliss-reactive ketones (excluding diaryl/α,β-unsaturated/α-hetero) is 1. The first-order valence-electron chi connectivity index (χ1n) is 10.4.